The Balaban J connectivity index is 1.74. The van der Waals surface area contributed by atoms with Gasteiger partial charge in [-0.2, -0.15) is 5.10 Å². The van der Waals surface area contributed by atoms with Crippen LogP contribution in [0.15, 0.2) is 44.7 Å². The molecule has 0 aromatic carbocycles. The summed E-state index contributed by atoms with van der Waals surface area (Å²) in [4.78, 5) is 27.0. The molecule has 160 valence electrons. The highest BCUT2D eigenvalue weighted by Crippen LogP contribution is 2.39. The maximum absolute atomic E-state index is 13.2. The monoisotopic (exact) mass is 449 g/mol. The van der Waals surface area contributed by atoms with Crippen LogP contribution in [-0.2, 0) is 20.1 Å². The third kappa shape index (κ3) is 4.45. The maximum Gasteiger partial charge on any atom is 0.332 e. The van der Waals surface area contributed by atoms with E-state index in [4.69, 9.17) is 0 Å². The van der Waals surface area contributed by atoms with E-state index in [0.29, 0.717) is 23.2 Å². The number of aromatic nitrogens is 4. The Bertz CT molecular complexity index is 1220. The Morgan fingerprint density at radius 1 is 1.40 bits per heavy atom. The summed E-state index contributed by atoms with van der Waals surface area (Å²) in [5.74, 6) is -0.410. The van der Waals surface area contributed by atoms with Crippen LogP contribution in [0.4, 0.5) is 4.39 Å². The van der Waals surface area contributed by atoms with Crippen molar-refractivity contribution in [2.45, 2.75) is 55.4 Å². The molecule has 1 N–H and O–H groups in total. The fourth-order valence-electron chi connectivity index (χ4n) is 3.19. The molecule has 3 aromatic rings. The number of nitrogens with zero attached hydrogens (tertiary/aromatic N) is 4. The van der Waals surface area contributed by atoms with E-state index in [9.17, 15) is 14.0 Å². The van der Waals surface area contributed by atoms with Crippen molar-refractivity contribution in [3.8, 4) is 0 Å². The topological polar surface area (TPSA) is 73.8 Å². The number of rotatable bonds is 9. The van der Waals surface area contributed by atoms with Gasteiger partial charge in [-0.25, -0.2) is 9.18 Å². The molecule has 0 radical (unpaired) electrons. The van der Waals surface area contributed by atoms with Crippen molar-refractivity contribution in [2.24, 2.45) is 7.05 Å². The van der Waals surface area contributed by atoms with Crippen LogP contribution in [0.2, 0.25) is 0 Å². The molecular weight excluding hydrogens is 425 g/mol. The van der Waals surface area contributed by atoms with Gasteiger partial charge in [0.2, 0.25) is 0 Å². The molecular formula is C20H24FN5O2S2. The molecule has 0 saturated heterocycles. The van der Waals surface area contributed by atoms with E-state index < -0.39 is 5.83 Å². The number of hydrogen-bond donors (Lipinski definition) is 1. The highest BCUT2D eigenvalue weighted by Gasteiger charge is 2.37. The average Bonchev–Trinajstić information content (AvgIpc) is 3.09. The molecule has 1 saturated carbocycles. The van der Waals surface area contributed by atoms with Gasteiger partial charge in [0.25, 0.3) is 5.56 Å². The van der Waals surface area contributed by atoms with E-state index in [0.717, 1.165) is 22.6 Å². The molecule has 1 aliphatic carbocycles. The first kappa shape index (κ1) is 21.1. The van der Waals surface area contributed by atoms with Gasteiger partial charge in [-0.15, -0.1) is 11.3 Å². The molecule has 1 aliphatic rings. The molecule has 0 unspecified atom stereocenters. The van der Waals surface area contributed by atoms with Crippen LogP contribution in [0.5, 0.6) is 0 Å². The quantitative estimate of drug-likeness (QED) is 0.507. The third-order valence-electron chi connectivity index (χ3n) is 5.20. The Hall–Kier alpha value is -2.17. The number of nitrogens with one attached hydrogen (secondary N) is 1. The second kappa shape index (κ2) is 8.16. The van der Waals surface area contributed by atoms with Crippen molar-refractivity contribution >= 4 is 33.5 Å². The predicted octanol–water partition coefficient (Wildman–Crippen LogP) is 3.42. The zero-order chi connectivity index (χ0) is 21.5. The lowest BCUT2D eigenvalue weighted by Gasteiger charge is -2.11. The van der Waals surface area contributed by atoms with Gasteiger partial charge >= 0.3 is 5.69 Å². The second-order valence-corrected chi connectivity index (χ2v) is 10.2. The lowest BCUT2D eigenvalue weighted by Crippen LogP contribution is -2.39. The third-order valence-corrected chi connectivity index (χ3v) is 7.57. The Morgan fingerprint density at radius 3 is 2.80 bits per heavy atom. The van der Waals surface area contributed by atoms with Gasteiger partial charge in [-0.1, -0.05) is 6.58 Å². The number of halogens is 1. The Labute approximate surface area is 181 Å². The Morgan fingerprint density at radius 2 is 2.17 bits per heavy atom. The van der Waals surface area contributed by atoms with Crippen molar-refractivity contribution in [3.05, 3.63) is 57.3 Å². The number of aryl methyl sites for hydroxylation is 2. The van der Waals surface area contributed by atoms with Gasteiger partial charge in [0.15, 0.2) is 0 Å². The van der Waals surface area contributed by atoms with Crippen molar-refractivity contribution < 1.29 is 4.39 Å². The van der Waals surface area contributed by atoms with Crippen molar-refractivity contribution in [2.75, 3.05) is 0 Å². The van der Waals surface area contributed by atoms with E-state index in [1.807, 2.05) is 6.07 Å². The molecule has 0 atom stereocenters. The van der Waals surface area contributed by atoms with E-state index in [2.05, 4.69) is 23.3 Å². The number of thiophene rings is 1. The van der Waals surface area contributed by atoms with E-state index in [1.165, 1.54) is 27.9 Å². The van der Waals surface area contributed by atoms with E-state index >= 15 is 0 Å². The van der Waals surface area contributed by atoms with Crippen LogP contribution >= 0.6 is 23.3 Å². The summed E-state index contributed by atoms with van der Waals surface area (Å²) in [5.41, 5.74) is 0.211. The summed E-state index contributed by atoms with van der Waals surface area (Å²) in [7, 11) is 1.79. The second-order valence-electron chi connectivity index (χ2n) is 8.02. The first-order valence-electron chi connectivity index (χ1n) is 9.78. The Kier molecular flexibility index (Phi) is 5.73. The summed E-state index contributed by atoms with van der Waals surface area (Å²) in [6, 6.07) is 1.84. The van der Waals surface area contributed by atoms with Crippen LogP contribution in [0.1, 0.15) is 38.2 Å². The smallest absolute Gasteiger partial charge is 0.284 e. The molecule has 30 heavy (non-hydrogen) atoms. The lowest BCUT2D eigenvalue weighted by molar-refractivity contribution is 0.530. The van der Waals surface area contributed by atoms with Gasteiger partial charge in [-0.3, -0.25) is 23.3 Å². The molecule has 3 heterocycles. The summed E-state index contributed by atoms with van der Waals surface area (Å²) in [6.45, 7) is 5.92. The van der Waals surface area contributed by atoms with Gasteiger partial charge in [0, 0.05) is 37.3 Å². The van der Waals surface area contributed by atoms with Crippen LogP contribution < -0.4 is 16.0 Å². The van der Waals surface area contributed by atoms with E-state index in [-0.39, 0.29) is 29.8 Å². The first-order valence-corrected chi connectivity index (χ1v) is 11.4. The minimum Gasteiger partial charge on any atom is -0.284 e. The molecule has 0 aliphatic heterocycles. The average molecular weight is 450 g/mol. The number of hydrogen-bond acceptors (Lipinski definition) is 6. The maximum atomic E-state index is 13.2. The fourth-order valence-corrected chi connectivity index (χ4v) is 5.35. The van der Waals surface area contributed by atoms with E-state index in [1.54, 1.807) is 28.7 Å². The van der Waals surface area contributed by atoms with Crippen molar-refractivity contribution in [1.82, 2.24) is 23.6 Å². The minimum atomic E-state index is -0.410. The zero-order valence-corrected chi connectivity index (χ0v) is 18.6. The van der Waals surface area contributed by atoms with Gasteiger partial charge in [-0.05, 0) is 44.2 Å². The number of fused-ring (bicyclic) bond motifs is 1. The molecule has 3 aromatic heterocycles. The van der Waals surface area contributed by atoms with Crippen LogP contribution in [-0.4, -0.2) is 24.5 Å². The van der Waals surface area contributed by atoms with Crippen LogP contribution in [0, 0.1) is 0 Å². The molecule has 0 spiro atoms. The summed E-state index contributed by atoms with van der Waals surface area (Å²) in [5, 5.41) is 4.62. The molecule has 7 nitrogen and oxygen atoms in total. The largest absolute Gasteiger partial charge is 0.332 e. The number of allylic oxidation sites excluding steroid dienone is 1. The first-order chi connectivity index (χ1) is 14.3. The van der Waals surface area contributed by atoms with Gasteiger partial charge < -0.3 is 0 Å². The molecule has 10 heteroatoms. The minimum absolute atomic E-state index is 0.141. The summed E-state index contributed by atoms with van der Waals surface area (Å²) in [6.07, 6.45) is 6.29. The van der Waals surface area contributed by atoms with Gasteiger partial charge in [0.05, 0.1) is 28.2 Å². The SMILES string of the molecule is C=C(F)CCCn1c(=O)n(Cc2cnn(C)c2)c(=O)c2cc(SNC3(C)CC3)sc21. The zero-order valence-electron chi connectivity index (χ0n) is 17.0. The standard InChI is InChI=1S/C20H24FN5O2S2/c1-13(21)5-4-8-25-18-15(9-16(29-18)30-23-20(2)6-7-20)17(27)26(19(25)28)12-14-10-22-24(3)11-14/h9-11,23H,1,4-8,12H2,2-3H3. The van der Waals surface area contributed by atoms with Crippen molar-refractivity contribution in [1.29, 1.82) is 0 Å². The lowest BCUT2D eigenvalue weighted by atomic mass is 10.3. The molecule has 0 amide bonds. The summed E-state index contributed by atoms with van der Waals surface area (Å²) >= 11 is 2.91. The highest BCUT2D eigenvalue weighted by molar-refractivity contribution is 7.99. The van der Waals surface area contributed by atoms with Crippen molar-refractivity contribution in [3.63, 3.8) is 0 Å². The molecule has 1 fully saturated rings. The normalized spacial score (nSPS) is 15.0. The van der Waals surface area contributed by atoms with Gasteiger partial charge in [0.1, 0.15) is 4.83 Å². The predicted molar refractivity (Wildman–Crippen MR) is 119 cm³/mol. The summed E-state index contributed by atoms with van der Waals surface area (Å²) < 4.78 is 21.9. The van der Waals surface area contributed by atoms with Crippen LogP contribution in [0.25, 0.3) is 10.2 Å². The fraction of sp³-hybridized carbons (Fsp3) is 0.450. The highest BCUT2D eigenvalue weighted by atomic mass is 32.2. The molecule has 0 bridgehead atoms. The van der Waals surface area contributed by atoms with Crippen LogP contribution in [0.3, 0.4) is 0 Å². The molecule has 4 rings (SSSR count).